The van der Waals surface area contributed by atoms with Crippen LogP contribution in [0.2, 0.25) is 0 Å². The smallest absolute Gasteiger partial charge is 0.237 e. The van der Waals surface area contributed by atoms with E-state index in [2.05, 4.69) is 5.32 Å². The molecule has 0 saturated heterocycles. The molecule has 0 saturated carbocycles. The summed E-state index contributed by atoms with van der Waals surface area (Å²) < 4.78 is 22.8. The van der Waals surface area contributed by atoms with E-state index >= 15 is 0 Å². The van der Waals surface area contributed by atoms with Crippen LogP contribution in [0.15, 0.2) is 0 Å². The molecule has 0 aromatic rings. The summed E-state index contributed by atoms with van der Waals surface area (Å²) in [5.41, 5.74) is 5.44. The first-order valence-corrected chi connectivity index (χ1v) is 7.58. The first-order chi connectivity index (χ1) is 7.49. The fourth-order valence-corrected chi connectivity index (χ4v) is 2.35. The van der Waals surface area contributed by atoms with E-state index in [9.17, 15) is 13.2 Å². The van der Waals surface area contributed by atoms with E-state index in [-0.39, 0.29) is 22.8 Å². The van der Waals surface area contributed by atoms with Gasteiger partial charge in [0.15, 0.2) is 9.84 Å². The largest absolute Gasteiger partial charge is 0.351 e. The molecule has 1 amide bonds. The Bertz CT molecular complexity index is 357. The van der Waals surface area contributed by atoms with Crippen molar-refractivity contribution in [3.8, 4) is 0 Å². The standard InChI is InChI=1S/C11H24N2O3S/c1-6-17(15,16)7-8(2)13-10(14)9(12)11(3,4)5/h8-9H,6-7,12H2,1-5H3,(H,13,14)/t8?,9-/m1/s1. The van der Waals surface area contributed by atoms with Crippen LogP contribution in [-0.2, 0) is 14.6 Å². The molecule has 0 aromatic heterocycles. The maximum atomic E-state index is 11.7. The molecule has 0 heterocycles. The van der Waals surface area contributed by atoms with Gasteiger partial charge in [0.05, 0.1) is 11.8 Å². The zero-order valence-corrected chi connectivity index (χ0v) is 12.1. The van der Waals surface area contributed by atoms with Crippen LogP contribution >= 0.6 is 0 Å². The topological polar surface area (TPSA) is 89.3 Å². The van der Waals surface area contributed by atoms with Crippen LogP contribution in [0.25, 0.3) is 0 Å². The molecule has 0 aromatic carbocycles. The Labute approximate surface area is 104 Å². The molecule has 17 heavy (non-hydrogen) atoms. The maximum absolute atomic E-state index is 11.7. The van der Waals surface area contributed by atoms with Crippen LogP contribution in [0, 0.1) is 5.41 Å². The summed E-state index contributed by atoms with van der Waals surface area (Å²) in [6, 6.07) is -1.06. The molecule has 6 heteroatoms. The van der Waals surface area contributed by atoms with Crippen molar-refractivity contribution < 1.29 is 13.2 Å². The number of hydrogen-bond donors (Lipinski definition) is 2. The summed E-state index contributed by atoms with van der Waals surface area (Å²) in [6.45, 7) is 8.85. The Balaban J connectivity index is 4.42. The molecule has 0 radical (unpaired) electrons. The van der Waals surface area contributed by atoms with Gasteiger partial charge in [-0.2, -0.15) is 0 Å². The zero-order valence-electron chi connectivity index (χ0n) is 11.3. The highest BCUT2D eigenvalue weighted by molar-refractivity contribution is 7.91. The lowest BCUT2D eigenvalue weighted by Gasteiger charge is -2.27. The first-order valence-electron chi connectivity index (χ1n) is 5.76. The average Bonchev–Trinajstić information content (AvgIpc) is 2.14. The Kier molecular flexibility index (Phi) is 5.61. The van der Waals surface area contributed by atoms with Gasteiger partial charge in [0, 0.05) is 11.8 Å². The van der Waals surface area contributed by atoms with Gasteiger partial charge in [-0.3, -0.25) is 4.79 Å². The van der Waals surface area contributed by atoms with Gasteiger partial charge in [0.25, 0.3) is 0 Å². The summed E-state index contributed by atoms with van der Waals surface area (Å²) in [5, 5.41) is 2.63. The van der Waals surface area contributed by atoms with Crippen LogP contribution in [-0.4, -0.2) is 37.9 Å². The molecule has 0 aliphatic carbocycles. The van der Waals surface area contributed by atoms with Crippen molar-refractivity contribution >= 4 is 15.7 Å². The van der Waals surface area contributed by atoms with E-state index in [1.54, 1.807) is 13.8 Å². The third-order valence-electron chi connectivity index (χ3n) is 2.55. The first kappa shape index (κ1) is 16.4. The van der Waals surface area contributed by atoms with Crippen LogP contribution in [0.3, 0.4) is 0 Å². The van der Waals surface area contributed by atoms with Crippen molar-refractivity contribution in [1.29, 1.82) is 0 Å². The van der Waals surface area contributed by atoms with Crippen LogP contribution in [0.5, 0.6) is 0 Å². The Morgan fingerprint density at radius 3 is 2.18 bits per heavy atom. The third-order valence-corrected chi connectivity index (χ3v) is 4.44. The lowest BCUT2D eigenvalue weighted by atomic mass is 9.87. The van der Waals surface area contributed by atoms with E-state index < -0.39 is 21.9 Å². The predicted molar refractivity (Wildman–Crippen MR) is 69.4 cm³/mol. The van der Waals surface area contributed by atoms with Gasteiger partial charge in [-0.05, 0) is 12.3 Å². The Hall–Kier alpha value is -0.620. The van der Waals surface area contributed by atoms with E-state index in [1.807, 2.05) is 20.8 Å². The van der Waals surface area contributed by atoms with Crippen molar-refractivity contribution in [2.75, 3.05) is 11.5 Å². The third kappa shape index (κ3) is 6.02. The fourth-order valence-electron chi connectivity index (χ4n) is 1.27. The SMILES string of the molecule is CCS(=O)(=O)CC(C)NC(=O)[C@@H](N)C(C)(C)C. The molecule has 2 atom stereocenters. The number of carbonyl (C=O) groups is 1. The van der Waals surface area contributed by atoms with E-state index in [1.165, 1.54) is 0 Å². The highest BCUT2D eigenvalue weighted by atomic mass is 32.2. The monoisotopic (exact) mass is 264 g/mol. The molecule has 0 fully saturated rings. The Morgan fingerprint density at radius 2 is 1.82 bits per heavy atom. The van der Waals surface area contributed by atoms with Gasteiger partial charge in [0.2, 0.25) is 5.91 Å². The summed E-state index contributed by atoms with van der Waals surface area (Å²) in [7, 11) is -3.08. The minimum Gasteiger partial charge on any atom is -0.351 e. The van der Waals surface area contributed by atoms with E-state index in [4.69, 9.17) is 5.73 Å². The van der Waals surface area contributed by atoms with Gasteiger partial charge in [-0.15, -0.1) is 0 Å². The lowest BCUT2D eigenvalue weighted by Crippen LogP contribution is -2.52. The van der Waals surface area contributed by atoms with Gasteiger partial charge in [-0.25, -0.2) is 8.42 Å². The molecular weight excluding hydrogens is 240 g/mol. The quantitative estimate of drug-likeness (QED) is 0.747. The van der Waals surface area contributed by atoms with Crippen molar-refractivity contribution in [3.63, 3.8) is 0 Å². The molecule has 5 nitrogen and oxygen atoms in total. The summed E-state index contributed by atoms with van der Waals surface area (Å²) in [5.74, 6) is -0.277. The number of hydrogen-bond acceptors (Lipinski definition) is 4. The van der Waals surface area contributed by atoms with Gasteiger partial charge < -0.3 is 11.1 Å². The summed E-state index contributed by atoms with van der Waals surface area (Å²) >= 11 is 0. The zero-order chi connectivity index (χ0) is 13.9. The normalized spacial score (nSPS) is 16.4. The second kappa shape index (κ2) is 5.82. The predicted octanol–water partition coefficient (Wildman–Crippen LogP) is 0.299. The molecule has 1 unspecified atom stereocenters. The molecule has 0 aliphatic rings. The molecule has 102 valence electrons. The van der Waals surface area contributed by atoms with Crippen molar-refractivity contribution in [2.24, 2.45) is 11.1 Å². The average molecular weight is 264 g/mol. The summed E-state index contributed by atoms with van der Waals surface area (Å²) in [6.07, 6.45) is 0. The van der Waals surface area contributed by atoms with Crippen molar-refractivity contribution in [1.82, 2.24) is 5.32 Å². The van der Waals surface area contributed by atoms with Gasteiger partial charge >= 0.3 is 0 Å². The molecular formula is C11H24N2O3S. The molecule has 0 aliphatic heterocycles. The minimum atomic E-state index is -3.08. The lowest BCUT2D eigenvalue weighted by molar-refractivity contribution is -0.124. The van der Waals surface area contributed by atoms with Crippen LogP contribution < -0.4 is 11.1 Å². The number of amides is 1. The van der Waals surface area contributed by atoms with Crippen molar-refractivity contribution in [3.05, 3.63) is 0 Å². The molecule has 0 spiro atoms. The van der Waals surface area contributed by atoms with Gasteiger partial charge in [-0.1, -0.05) is 27.7 Å². The van der Waals surface area contributed by atoms with E-state index in [0.717, 1.165) is 0 Å². The summed E-state index contributed by atoms with van der Waals surface area (Å²) in [4.78, 5) is 11.7. The highest BCUT2D eigenvalue weighted by Gasteiger charge is 2.28. The second-order valence-corrected chi connectivity index (χ2v) is 7.85. The maximum Gasteiger partial charge on any atom is 0.237 e. The van der Waals surface area contributed by atoms with Crippen molar-refractivity contribution in [2.45, 2.75) is 46.7 Å². The van der Waals surface area contributed by atoms with E-state index in [0.29, 0.717) is 0 Å². The molecule has 3 N–H and O–H groups in total. The molecule has 0 rings (SSSR count). The number of carbonyl (C=O) groups excluding carboxylic acids is 1. The number of nitrogens with one attached hydrogen (secondary N) is 1. The number of sulfone groups is 1. The number of rotatable bonds is 5. The van der Waals surface area contributed by atoms with Crippen LogP contribution in [0.4, 0.5) is 0 Å². The number of nitrogens with two attached hydrogens (primary N) is 1. The highest BCUT2D eigenvalue weighted by Crippen LogP contribution is 2.17. The van der Waals surface area contributed by atoms with Crippen LogP contribution in [0.1, 0.15) is 34.6 Å². The minimum absolute atomic E-state index is 0.0495. The fraction of sp³-hybridized carbons (Fsp3) is 0.909. The van der Waals surface area contributed by atoms with Gasteiger partial charge in [0.1, 0.15) is 0 Å². The second-order valence-electron chi connectivity index (χ2n) is 5.45. The Morgan fingerprint density at radius 1 is 1.35 bits per heavy atom. The molecule has 0 bridgehead atoms.